The van der Waals surface area contributed by atoms with Gasteiger partial charge in [-0.05, 0) is 45.6 Å². The molecule has 0 aromatic carbocycles. The summed E-state index contributed by atoms with van der Waals surface area (Å²) in [5.74, 6) is -0.382. The maximum Gasteiger partial charge on any atom is 0.240 e. The number of hydrogen-bond donors (Lipinski definition) is 3. The van der Waals surface area contributed by atoms with Gasteiger partial charge in [-0.2, -0.15) is 0 Å². The highest BCUT2D eigenvalue weighted by Crippen LogP contribution is 2.29. The smallest absolute Gasteiger partial charge is 0.240 e. The molecule has 0 spiro atoms. The third-order valence-electron chi connectivity index (χ3n) is 4.68. The first kappa shape index (κ1) is 18.2. The number of carbonyl (C=O) groups excluding carboxylic acids is 2. The minimum absolute atomic E-state index is 0. The van der Waals surface area contributed by atoms with Gasteiger partial charge in [0.1, 0.15) is 0 Å². The molecular weight excluding hydrogens is 294 g/mol. The fourth-order valence-electron chi connectivity index (χ4n) is 2.97. The van der Waals surface area contributed by atoms with Gasteiger partial charge in [-0.25, -0.2) is 0 Å². The van der Waals surface area contributed by atoms with Crippen molar-refractivity contribution < 1.29 is 14.3 Å². The lowest BCUT2D eigenvalue weighted by molar-refractivity contribution is -0.135. The summed E-state index contributed by atoms with van der Waals surface area (Å²) in [5, 5.41) is 6.20. The molecule has 0 saturated carbocycles. The van der Waals surface area contributed by atoms with Crippen LogP contribution < -0.4 is 16.4 Å². The Morgan fingerprint density at radius 1 is 1.24 bits per heavy atom. The zero-order chi connectivity index (χ0) is 14.6. The van der Waals surface area contributed by atoms with Crippen LogP contribution in [0.1, 0.15) is 39.0 Å². The summed E-state index contributed by atoms with van der Waals surface area (Å²) < 4.78 is 5.29. The number of carbonyl (C=O) groups is 2. The normalized spacial score (nSPS) is 28.2. The summed E-state index contributed by atoms with van der Waals surface area (Å²) >= 11 is 0. The molecule has 0 aromatic rings. The van der Waals surface area contributed by atoms with E-state index in [1.807, 2.05) is 6.92 Å². The van der Waals surface area contributed by atoms with Crippen molar-refractivity contribution in [3.8, 4) is 0 Å². The summed E-state index contributed by atoms with van der Waals surface area (Å²) in [6, 6.07) is 0. The van der Waals surface area contributed by atoms with Gasteiger partial charge in [0.05, 0.1) is 11.0 Å². The lowest BCUT2D eigenvalue weighted by atomic mass is 9.79. The molecule has 122 valence electrons. The number of rotatable bonds is 4. The molecule has 0 aliphatic carbocycles. The molecule has 2 aliphatic heterocycles. The maximum atomic E-state index is 12.4. The van der Waals surface area contributed by atoms with Crippen molar-refractivity contribution in [3.05, 3.63) is 0 Å². The van der Waals surface area contributed by atoms with Crippen LogP contribution in [0.3, 0.4) is 0 Å². The zero-order valence-electron chi connectivity index (χ0n) is 12.6. The molecular formula is C14H26ClN3O3. The van der Waals surface area contributed by atoms with Gasteiger partial charge in [0.2, 0.25) is 11.8 Å². The molecule has 2 fully saturated rings. The molecule has 0 radical (unpaired) electrons. The van der Waals surface area contributed by atoms with Crippen molar-refractivity contribution in [2.75, 3.05) is 26.3 Å². The Bertz CT molecular complexity index is 378. The molecule has 0 aromatic heterocycles. The SMILES string of the molecule is CC1(C(=O)NCC2(C(N)=O)CCOCC2)CCCCN1.Cl. The van der Waals surface area contributed by atoms with E-state index in [2.05, 4.69) is 10.6 Å². The Kier molecular flexibility index (Phi) is 6.43. The van der Waals surface area contributed by atoms with Gasteiger partial charge in [0.25, 0.3) is 0 Å². The van der Waals surface area contributed by atoms with Crippen LogP contribution in [0.2, 0.25) is 0 Å². The van der Waals surface area contributed by atoms with Crippen LogP contribution in [0.15, 0.2) is 0 Å². The van der Waals surface area contributed by atoms with Gasteiger partial charge in [-0.1, -0.05) is 0 Å². The Hall–Kier alpha value is -0.850. The Morgan fingerprint density at radius 3 is 2.43 bits per heavy atom. The Labute approximate surface area is 132 Å². The van der Waals surface area contributed by atoms with E-state index in [4.69, 9.17) is 10.5 Å². The Balaban J connectivity index is 0.00000220. The molecule has 4 N–H and O–H groups in total. The number of ether oxygens (including phenoxy) is 1. The van der Waals surface area contributed by atoms with E-state index in [0.717, 1.165) is 25.8 Å². The van der Waals surface area contributed by atoms with Crippen LogP contribution in [0.5, 0.6) is 0 Å². The van der Waals surface area contributed by atoms with E-state index in [1.165, 1.54) is 0 Å². The van der Waals surface area contributed by atoms with Crippen molar-refractivity contribution >= 4 is 24.2 Å². The highest BCUT2D eigenvalue weighted by molar-refractivity contribution is 5.87. The minimum atomic E-state index is -0.654. The van der Waals surface area contributed by atoms with Crippen molar-refractivity contribution in [2.45, 2.75) is 44.6 Å². The quantitative estimate of drug-likeness (QED) is 0.696. The van der Waals surface area contributed by atoms with E-state index < -0.39 is 11.0 Å². The van der Waals surface area contributed by atoms with Crippen molar-refractivity contribution in [1.82, 2.24) is 10.6 Å². The molecule has 2 aliphatic rings. The molecule has 2 saturated heterocycles. The topological polar surface area (TPSA) is 93.5 Å². The first-order valence-electron chi connectivity index (χ1n) is 7.40. The fourth-order valence-corrected chi connectivity index (χ4v) is 2.97. The van der Waals surface area contributed by atoms with E-state index in [-0.39, 0.29) is 24.2 Å². The highest BCUT2D eigenvalue weighted by Gasteiger charge is 2.41. The molecule has 7 heteroatoms. The van der Waals surface area contributed by atoms with Crippen LogP contribution in [0, 0.1) is 5.41 Å². The zero-order valence-corrected chi connectivity index (χ0v) is 13.4. The number of nitrogens with two attached hydrogens (primary N) is 1. The number of halogens is 1. The molecule has 1 unspecified atom stereocenters. The maximum absolute atomic E-state index is 12.4. The standard InChI is InChI=1S/C14H25N3O3.ClH/c1-13(4-2-3-7-17-13)12(19)16-10-14(11(15)18)5-8-20-9-6-14;/h17H,2-10H2,1H3,(H2,15,18)(H,16,19);1H. The first-order chi connectivity index (χ1) is 9.49. The molecule has 6 nitrogen and oxygen atoms in total. The van der Waals surface area contributed by atoms with Crippen molar-refractivity contribution in [3.63, 3.8) is 0 Å². The summed E-state index contributed by atoms with van der Waals surface area (Å²) in [4.78, 5) is 24.1. The van der Waals surface area contributed by atoms with Crippen molar-refractivity contribution in [1.29, 1.82) is 0 Å². The van der Waals surface area contributed by atoms with Gasteiger partial charge in [-0.15, -0.1) is 12.4 Å². The number of nitrogens with one attached hydrogen (secondary N) is 2. The predicted molar refractivity (Wildman–Crippen MR) is 82.2 cm³/mol. The average molecular weight is 320 g/mol. The molecule has 0 bridgehead atoms. The van der Waals surface area contributed by atoms with E-state index >= 15 is 0 Å². The summed E-state index contributed by atoms with van der Waals surface area (Å²) in [6.45, 7) is 4.13. The summed E-state index contributed by atoms with van der Waals surface area (Å²) in [5.41, 5.74) is 4.36. The third-order valence-corrected chi connectivity index (χ3v) is 4.68. The number of hydrogen-bond acceptors (Lipinski definition) is 4. The first-order valence-corrected chi connectivity index (χ1v) is 7.40. The van der Waals surface area contributed by atoms with Crippen LogP contribution in [-0.2, 0) is 14.3 Å². The second kappa shape index (κ2) is 7.42. The van der Waals surface area contributed by atoms with Gasteiger partial charge in [0, 0.05) is 19.8 Å². The highest BCUT2D eigenvalue weighted by atomic mass is 35.5. The van der Waals surface area contributed by atoms with Crippen molar-refractivity contribution in [2.24, 2.45) is 11.1 Å². The molecule has 2 heterocycles. The van der Waals surface area contributed by atoms with E-state index in [0.29, 0.717) is 32.6 Å². The second-order valence-corrected chi connectivity index (χ2v) is 6.16. The van der Waals surface area contributed by atoms with Gasteiger partial charge >= 0.3 is 0 Å². The predicted octanol–water partition coefficient (Wildman–Crippen LogP) is 0.339. The number of primary amides is 1. The minimum Gasteiger partial charge on any atom is -0.381 e. The van der Waals surface area contributed by atoms with Gasteiger partial charge in [0.15, 0.2) is 0 Å². The summed E-state index contributed by atoms with van der Waals surface area (Å²) in [7, 11) is 0. The van der Waals surface area contributed by atoms with Crippen LogP contribution in [0.4, 0.5) is 0 Å². The lowest BCUT2D eigenvalue weighted by Crippen LogP contribution is -2.59. The summed E-state index contributed by atoms with van der Waals surface area (Å²) in [6.07, 6.45) is 4.13. The second-order valence-electron chi connectivity index (χ2n) is 6.16. The van der Waals surface area contributed by atoms with Crippen LogP contribution >= 0.6 is 12.4 Å². The van der Waals surface area contributed by atoms with E-state index in [9.17, 15) is 9.59 Å². The largest absolute Gasteiger partial charge is 0.381 e. The van der Waals surface area contributed by atoms with Gasteiger partial charge < -0.3 is 21.1 Å². The molecule has 2 rings (SSSR count). The lowest BCUT2D eigenvalue weighted by Gasteiger charge is -2.37. The monoisotopic (exact) mass is 319 g/mol. The number of amides is 2. The molecule has 1 atom stereocenters. The van der Waals surface area contributed by atoms with Gasteiger partial charge in [-0.3, -0.25) is 9.59 Å². The third kappa shape index (κ3) is 4.08. The molecule has 21 heavy (non-hydrogen) atoms. The number of piperidine rings is 1. The van der Waals surface area contributed by atoms with Crippen LogP contribution in [0.25, 0.3) is 0 Å². The van der Waals surface area contributed by atoms with Crippen LogP contribution in [-0.4, -0.2) is 43.7 Å². The fraction of sp³-hybridized carbons (Fsp3) is 0.857. The molecule has 2 amide bonds. The van der Waals surface area contributed by atoms with E-state index in [1.54, 1.807) is 0 Å². The average Bonchev–Trinajstić information content (AvgIpc) is 2.46. The Morgan fingerprint density at radius 2 is 1.90 bits per heavy atom.